The molecule has 0 atom stereocenters. The Bertz CT molecular complexity index is 523. The first-order chi connectivity index (χ1) is 8.98. The van der Waals surface area contributed by atoms with Gasteiger partial charge in [0.1, 0.15) is 9.90 Å². The highest BCUT2D eigenvalue weighted by molar-refractivity contribution is 7.91. The average Bonchev–Trinajstić information content (AvgIpc) is 2.72. The summed E-state index contributed by atoms with van der Waals surface area (Å²) in [7, 11) is -3.35. The SMILES string of the molecule is CS(=O)(=O)c1c(N)nsc1NCCN1CCOCC1. The maximum absolute atomic E-state index is 11.6. The van der Waals surface area contributed by atoms with Crippen molar-refractivity contribution in [2.75, 3.05) is 56.7 Å². The molecular formula is C10H18N4O3S2. The number of morpholine rings is 1. The lowest BCUT2D eigenvalue weighted by Crippen LogP contribution is -2.39. The van der Waals surface area contributed by atoms with E-state index in [1.165, 1.54) is 0 Å². The highest BCUT2D eigenvalue weighted by atomic mass is 32.2. The van der Waals surface area contributed by atoms with Gasteiger partial charge in [0, 0.05) is 32.4 Å². The summed E-state index contributed by atoms with van der Waals surface area (Å²) >= 11 is 1.08. The lowest BCUT2D eigenvalue weighted by Gasteiger charge is -2.26. The zero-order chi connectivity index (χ0) is 13.9. The van der Waals surface area contributed by atoms with Crippen LogP contribution in [0.15, 0.2) is 4.90 Å². The van der Waals surface area contributed by atoms with Crippen LogP contribution in [0.25, 0.3) is 0 Å². The number of anilines is 2. The summed E-state index contributed by atoms with van der Waals surface area (Å²) in [5.74, 6) is 0.0707. The van der Waals surface area contributed by atoms with E-state index in [0.29, 0.717) is 11.5 Å². The maximum atomic E-state index is 11.6. The van der Waals surface area contributed by atoms with Gasteiger partial charge in [-0.05, 0) is 11.5 Å². The van der Waals surface area contributed by atoms with E-state index >= 15 is 0 Å². The van der Waals surface area contributed by atoms with Gasteiger partial charge in [-0.3, -0.25) is 4.90 Å². The molecule has 1 saturated heterocycles. The van der Waals surface area contributed by atoms with Gasteiger partial charge in [0.15, 0.2) is 15.7 Å². The zero-order valence-electron chi connectivity index (χ0n) is 10.8. The maximum Gasteiger partial charge on any atom is 0.182 e. The van der Waals surface area contributed by atoms with Crippen LogP contribution in [-0.2, 0) is 14.6 Å². The van der Waals surface area contributed by atoms with Crippen LogP contribution < -0.4 is 11.1 Å². The molecule has 0 bridgehead atoms. The molecule has 0 saturated carbocycles. The largest absolute Gasteiger partial charge is 0.382 e. The summed E-state index contributed by atoms with van der Waals surface area (Å²) in [5.41, 5.74) is 5.60. The van der Waals surface area contributed by atoms with Crippen molar-refractivity contribution < 1.29 is 13.2 Å². The monoisotopic (exact) mass is 306 g/mol. The van der Waals surface area contributed by atoms with Crippen LogP contribution in [-0.4, -0.2) is 63.3 Å². The number of rotatable bonds is 5. The molecule has 2 rings (SSSR count). The zero-order valence-corrected chi connectivity index (χ0v) is 12.4. The number of ether oxygens (including phenoxy) is 1. The molecule has 1 fully saturated rings. The predicted molar refractivity (Wildman–Crippen MR) is 75.4 cm³/mol. The Hall–Kier alpha value is -0.900. The van der Waals surface area contributed by atoms with Crippen molar-refractivity contribution in [3.05, 3.63) is 0 Å². The normalized spacial score (nSPS) is 17.5. The summed E-state index contributed by atoms with van der Waals surface area (Å²) in [4.78, 5) is 2.38. The van der Waals surface area contributed by atoms with Crippen LogP contribution >= 0.6 is 11.5 Å². The topological polar surface area (TPSA) is 97.5 Å². The molecule has 7 nitrogen and oxygen atoms in total. The number of nitrogens with one attached hydrogen (secondary N) is 1. The molecule has 3 N–H and O–H groups in total. The molecule has 0 radical (unpaired) electrons. The summed E-state index contributed by atoms with van der Waals surface area (Å²) in [5, 5.41) is 3.62. The molecule has 0 aromatic carbocycles. The Morgan fingerprint density at radius 3 is 2.79 bits per heavy atom. The van der Waals surface area contributed by atoms with Crippen molar-refractivity contribution in [1.29, 1.82) is 0 Å². The molecule has 0 amide bonds. The minimum absolute atomic E-state index is 0.0707. The molecule has 19 heavy (non-hydrogen) atoms. The highest BCUT2D eigenvalue weighted by Gasteiger charge is 2.21. The summed E-state index contributed by atoms with van der Waals surface area (Å²) < 4.78 is 32.4. The average molecular weight is 306 g/mol. The molecule has 108 valence electrons. The highest BCUT2D eigenvalue weighted by Crippen LogP contribution is 2.30. The van der Waals surface area contributed by atoms with Crippen molar-refractivity contribution in [2.45, 2.75) is 4.90 Å². The molecule has 0 spiro atoms. The van der Waals surface area contributed by atoms with E-state index in [2.05, 4.69) is 14.6 Å². The lowest BCUT2D eigenvalue weighted by atomic mass is 10.4. The van der Waals surface area contributed by atoms with Gasteiger partial charge in [0.25, 0.3) is 0 Å². The van der Waals surface area contributed by atoms with E-state index in [4.69, 9.17) is 10.5 Å². The second kappa shape index (κ2) is 6.04. The van der Waals surface area contributed by atoms with Gasteiger partial charge in [0.05, 0.1) is 13.2 Å². The first kappa shape index (κ1) is 14.5. The van der Waals surface area contributed by atoms with E-state index in [0.717, 1.165) is 50.6 Å². The minimum Gasteiger partial charge on any atom is -0.382 e. The molecular weight excluding hydrogens is 288 g/mol. The fourth-order valence-corrected chi connectivity index (χ4v) is 4.01. The number of nitrogen functional groups attached to an aromatic ring is 1. The third-order valence-electron chi connectivity index (χ3n) is 2.86. The van der Waals surface area contributed by atoms with Gasteiger partial charge in [-0.1, -0.05) is 0 Å². The van der Waals surface area contributed by atoms with E-state index in [1.807, 2.05) is 0 Å². The van der Waals surface area contributed by atoms with Crippen LogP contribution in [0.5, 0.6) is 0 Å². The molecule has 0 aliphatic carbocycles. The number of aromatic nitrogens is 1. The molecule has 1 aromatic heterocycles. The fourth-order valence-electron chi connectivity index (χ4n) is 1.92. The van der Waals surface area contributed by atoms with Crippen LogP contribution in [0.3, 0.4) is 0 Å². The first-order valence-corrected chi connectivity index (χ1v) is 8.64. The number of hydrogen-bond donors (Lipinski definition) is 2. The molecule has 0 unspecified atom stereocenters. The third kappa shape index (κ3) is 3.78. The van der Waals surface area contributed by atoms with Crippen LogP contribution in [0.4, 0.5) is 10.8 Å². The van der Waals surface area contributed by atoms with E-state index < -0.39 is 9.84 Å². The lowest BCUT2D eigenvalue weighted by molar-refractivity contribution is 0.0398. The standard InChI is InChI=1S/C10H18N4O3S2/c1-19(15,16)8-9(11)13-18-10(8)12-2-3-14-4-6-17-7-5-14/h12H,2-7H2,1H3,(H2,11,13). The van der Waals surface area contributed by atoms with E-state index in [1.54, 1.807) is 0 Å². The molecule has 1 aliphatic rings. The quantitative estimate of drug-likeness (QED) is 0.782. The number of nitrogens with zero attached hydrogens (tertiary/aromatic N) is 2. The van der Waals surface area contributed by atoms with Gasteiger partial charge in [-0.15, -0.1) is 0 Å². The minimum atomic E-state index is -3.35. The Kier molecular flexibility index (Phi) is 4.61. The van der Waals surface area contributed by atoms with Crippen LogP contribution in [0, 0.1) is 0 Å². The fraction of sp³-hybridized carbons (Fsp3) is 0.700. The van der Waals surface area contributed by atoms with Crippen LogP contribution in [0.2, 0.25) is 0 Å². The van der Waals surface area contributed by atoms with E-state index in [9.17, 15) is 8.42 Å². The van der Waals surface area contributed by atoms with Gasteiger partial charge in [0.2, 0.25) is 0 Å². The third-order valence-corrected chi connectivity index (χ3v) is 4.97. The van der Waals surface area contributed by atoms with Crippen LogP contribution in [0.1, 0.15) is 0 Å². The Balaban J connectivity index is 1.93. The van der Waals surface area contributed by atoms with Crippen molar-refractivity contribution in [3.63, 3.8) is 0 Å². The van der Waals surface area contributed by atoms with Crippen molar-refractivity contribution in [2.24, 2.45) is 0 Å². The molecule has 1 aromatic rings. The number of hydrogen-bond acceptors (Lipinski definition) is 8. The second-order valence-corrected chi connectivity index (χ2v) is 7.10. The second-order valence-electron chi connectivity index (χ2n) is 4.38. The van der Waals surface area contributed by atoms with E-state index in [-0.39, 0.29) is 10.7 Å². The Labute approximate surface area is 116 Å². The number of sulfone groups is 1. The van der Waals surface area contributed by atoms with Gasteiger partial charge < -0.3 is 15.8 Å². The number of nitrogens with two attached hydrogens (primary N) is 1. The summed E-state index contributed by atoms with van der Waals surface area (Å²) in [6, 6.07) is 0. The molecule has 2 heterocycles. The van der Waals surface area contributed by atoms with Crippen molar-refractivity contribution in [3.8, 4) is 0 Å². The summed E-state index contributed by atoms with van der Waals surface area (Å²) in [6.45, 7) is 4.82. The molecule has 9 heteroatoms. The molecule has 1 aliphatic heterocycles. The Morgan fingerprint density at radius 1 is 1.47 bits per heavy atom. The Morgan fingerprint density at radius 2 is 2.16 bits per heavy atom. The smallest absolute Gasteiger partial charge is 0.182 e. The van der Waals surface area contributed by atoms with Crippen molar-refractivity contribution >= 4 is 32.2 Å². The van der Waals surface area contributed by atoms with Gasteiger partial charge >= 0.3 is 0 Å². The first-order valence-electron chi connectivity index (χ1n) is 5.97. The van der Waals surface area contributed by atoms with Crippen molar-refractivity contribution in [1.82, 2.24) is 9.27 Å². The predicted octanol–water partition coefficient (Wildman–Crippen LogP) is -0.127. The summed E-state index contributed by atoms with van der Waals surface area (Å²) in [6.07, 6.45) is 1.14. The van der Waals surface area contributed by atoms with Gasteiger partial charge in [-0.25, -0.2) is 8.42 Å². The van der Waals surface area contributed by atoms with Gasteiger partial charge in [-0.2, -0.15) is 4.37 Å².